The number of nitrogens with one attached hydrogen (secondary N) is 1. The fourth-order valence-electron chi connectivity index (χ4n) is 1.58. The van der Waals surface area contributed by atoms with Crippen LogP contribution in [-0.4, -0.2) is 16.1 Å². The third kappa shape index (κ3) is 3.18. The number of aromatic nitrogens is 2. The molecule has 90 valence electrons. The maximum atomic E-state index is 12.9. The van der Waals surface area contributed by atoms with Crippen LogP contribution in [0.15, 0.2) is 30.6 Å². The van der Waals surface area contributed by atoms with Crippen LogP contribution in [0.4, 0.5) is 10.1 Å². The second-order valence-electron chi connectivity index (χ2n) is 3.72. The first-order chi connectivity index (χ1) is 8.16. The van der Waals surface area contributed by atoms with Crippen LogP contribution in [0.25, 0.3) is 0 Å². The SMILES string of the molecule is Cc1nccn1CCNc1ccc(F)cc1I. The monoisotopic (exact) mass is 345 g/mol. The molecule has 1 heterocycles. The summed E-state index contributed by atoms with van der Waals surface area (Å²) in [5, 5.41) is 3.28. The van der Waals surface area contributed by atoms with E-state index in [1.807, 2.05) is 13.1 Å². The van der Waals surface area contributed by atoms with Crippen LogP contribution in [-0.2, 0) is 6.54 Å². The number of rotatable bonds is 4. The van der Waals surface area contributed by atoms with E-state index in [-0.39, 0.29) is 5.82 Å². The number of nitrogens with zero attached hydrogens (tertiary/aromatic N) is 2. The van der Waals surface area contributed by atoms with E-state index < -0.39 is 0 Å². The molecule has 17 heavy (non-hydrogen) atoms. The molecule has 1 N–H and O–H groups in total. The summed E-state index contributed by atoms with van der Waals surface area (Å²) < 4.78 is 15.9. The molecule has 1 aromatic carbocycles. The molecule has 0 fully saturated rings. The van der Waals surface area contributed by atoms with Crippen molar-refractivity contribution in [3.8, 4) is 0 Å². The topological polar surface area (TPSA) is 29.9 Å². The predicted octanol–water partition coefficient (Wildman–Crippen LogP) is 3.05. The van der Waals surface area contributed by atoms with Gasteiger partial charge in [-0.3, -0.25) is 0 Å². The standard InChI is InChI=1S/C12H13FIN3/c1-9-15-4-6-17(9)7-5-16-12-3-2-10(13)8-11(12)14/h2-4,6,8,16H,5,7H2,1H3. The zero-order chi connectivity index (χ0) is 12.3. The number of anilines is 1. The third-order valence-corrected chi connectivity index (χ3v) is 3.42. The van der Waals surface area contributed by atoms with Gasteiger partial charge < -0.3 is 9.88 Å². The number of halogens is 2. The van der Waals surface area contributed by atoms with Crippen molar-refractivity contribution in [1.29, 1.82) is 0 Å². The average molecular weight is 345 g/mol. The number of hydrogen-bond acceptors (Lipinski definition) is 2. The van der Waals surface area contributed by atoms with E-state index in [2.05, 4.69) is 37.5 Å². The highest BCUT2D eigenvalue weighted by Crippen LogP contribution is 2.18. The summed E-state index contributed by atoms with van der Waals surface area (Å²) in [6.07, 6.45) is 3.74. The van der Waals surface area contributed by atoms with Crippen molar-refractivity contribution in [3.63, 3.8) is 0 Å². The van der Waals surface area contributed by atoms with Gasteiger partial charge in [-0.2, -0.15) is 0 Å². The van der Waals surface area contributed by atoms with Gasteiger partial charge in [-0.05, 0) is 47.7 Å². The number of imidazole rings is 1. The molecular weight excluding hydrogens is 332 g/mol. The van der Waals surface area contributed by atoms with Crippen molar-refractivity contribution in [2.75, 3.05) is 11.9 Å². The Labute approximate surface area is 113 Å². The molecule has 0 aliphatic heterocycles. The Morgan fingerprint density at radius 3 is 2.94 bits per heavy atom. The zero-order valence-corrected chi connectivity index (χ0v) is 11.6. The molecule has 3 nitrogen and oxygen atoms in total. The van der Waals surface area contributed by atoms with Crippen molar-refractivity contribution >= 4 is 28.3 Å². The smallest absolute Gasteiger partial charge is 0.124 e. The van der Waals surface area contributed by atoms with Crippen molar-refractivity contribution in [3.05, 3.63) is 45.8 Å². The Morgan fingerprint density at radius 1 is 1.47 bits per heavy atom. The first-order valence-corrected chi connectivity index (χ1v) is 6.41. The van der Waals surface area contributed by atoms with E-state index in [1.165, 1.54) is 12.1 Å². The molecular formula is C12H13FIN3. The van der Waals surface area contributed by atoms with Gasteiger partial charge in [0.15, 0.2) is 0 Å². The fourth-order valence-corrected chi connectivity index (χ4v) is 2.25. The van der Waals surface area contributed by atoms with Crippen molar-refractivity contribution in [2.24, 2.45) is 0 Å². The van der Waals surface area contributed by atoms with E-state index in [0.29, 0.717) is 0 Å². The Morgan fingerprint density at radius 2 is 2.29 bits per heavy atom. The Bertz CT molecular complexity index is 510. The Balaban J connectivity index is 1.92. The molecule has 0 saturated heterocycles. The molecule has 0 atom stereocenters. The quantitative estimate of drug-likeness (QED) is 0.864. The lowest BCUT2D eigenvalue weighted by Crippen LogP contribution is -2.11. The highest BCUT2D eigenvalue weighted by molar-refractivity contribution is 14.1. The molecule has 0 unspecified atom stereocenters. The molecule has 0 spiro atoms. The Hall–Kier alpha value is -1.11. The summed E-state index contributed by atoms with van der Waals surface area (Å²) in [6, 6.07) is 4.75. The molecule has 0 radical (unpaired) electrons. The van der Waals surface area contributed by atoms with Crippen molar-refractivity contribution in [2.45, 2.75) is 13.5 Å². The second kappa shape index (κ2) is 5.48. The van der Waals surface area contributed by atoms with Gasteiger partial charge in [-0.25, -0.2) is 9.37 Å². The normalized spacial score (nSPS) is 10.5. The maximum Gasteiger partial charge on any atom is 0.124 e. The summed E-state index contributed by atoms with van der Waals surface area (Å²) in [6.45, 7) is 3.61. The van der Waals surface area contributed by atoms with E-state index in [0.717, 1.165) is 28.2 Å². The van der Waals surface area contributed by atoms with E-state index in [4.69, 9.17) is 0 Å². The van der Waals surface area contributed by atoms with Gasteiger partial charge in [0.25, 0.3) is 0 Å². The lowest BCUT2D eigenvalue weighted by atomic mass is 10.3. The molecule has 0 aliphatic carbocycles. The van der Waals surface area contributed by atoms with Crippen LogP contribution in [0.5, 0.6) is 0 Å². The van der Waals surface area contributed by atoms with E-state index in [9.17, 15) is 4.39 Å². The predicted molar refractivity (Wildman–Crippen MR) is 74.6 cm³/mol. The summed E-state index contributed by atoms with van der Waals surface area (Å²) in [5.41, 5.74) is 0.963. The van der Waals surface area contributed by atoms with Gasteiger partial charge >= 0.3 is 0 Å². The number of benzene rings is 1. The second-order valence-corrected chi connectivity index (χ2v) is 4.88. The molecule has 0 amide bonds. The molecule has 0 saturated carbocycles. The summed E-state index contributed by atoms with van der Waals surface area (Å²) in [4.78, 5) is 4.16. The summed E-state index contributed by atoms with van der Waals surface area (Å²) >= 11 is 2.12. The molecule has 0 aliphatic rings. The van der Waals surface area contributed by atoms with Crippen LogP contribution in [0.3, 0.4) is 0 Å². The van der Waals surface area contributed by atoms with Crippen molar-refractivity contribution in [1.82, 2.24) is 9.55 Å². The number of hydrogen-bond donors (Lipinski definition) is 1. The van der Waals surface area contributed by atoms with Crippen LogP contribution < -0.4 is 5.32 Å². The van der Waals surface area contributed by atoms with Crippen molar-refractivity contribution < 1.29 is 4.39 Å². The fraction of sp³-hybridized carbons (Fsp3) is 0.250. The van der Waals surface area contributed by atoms with Crippen LogP contribution >= 0.6 is 22.6 Å². The Kier molecular flexibility index (Phi) is 3.98. The summed E-state index contributed by atoms with van der Waals surface area (Å²) in [7, 11) is 0. The summed E-state index contributed by atoms with van der Waals surface area (Å²) in [5.74, 6) is 0.797. The molecule has 1 aromatic heterocycles. The molecule has 2 rings (SSSR count). The first-order valence-electron chi connectivity index (χ1n) is 5.33. The minimum absolute atomic E-state index is 0.203. The largest absolute Gasteiger partial charge is 0.382 e. The van der Waals surface area contributed by atoms with E-state index >= 15 is 0 Å². The number of aryl methyl sites for hydroxylation is 1. The minimum atomic E-state index is -0.203. The van der Waals surface area contributed by atoms with Gasteiger partial charge in [0.05, 0.1) is 0 Å². The average Bonchev–Trinajstić information content (AvgIpc) is 2.68. The minimum Gasteiger partial charge on any atom is -0.382 e. The van der Waals surface area contributed by atoms with E-state index in [1.54, 1.807) is 12.3 Å². The van der Waals surface area contributed by atoms with Crippen LogP contribution in [0.1, 0.15) is 5.82 Å². The van der Waals surface area contributed by atoms with Gasteiger partial charge in [0.1, 0.15) is 11.6 Å². The van der Waals surface area contributed by atoms with Gasteiger partial charge in [-0.15, -0.1) is 0 Å². The lowest BCUT2D eigenvalue weighted by Gasteiger charge is -2.10. The first kappa shape index (κ1) is 12.3. The molecule has 5 heteroatoms. The van der Waals surface area contributed by atoms with Gasteiger partial charge in [-0.1, -0.05) is 0 Å². The van der Waals surface area contributed by atoms with Crippen LogP contribution in [0.2, 0.25) is 0 Å². The van der Waals surface area contributed by atoms with Gasteiger partial charge in [0.2, 0.25) is 0 Å². The molecule has 0 bridgehead atoms. The third-order valence-electron chi connectivity index (χ3n) is 2.52. The van der Waals surface area contributed by atoms with Crippen LogP contribution in [0, 0.1) is 16.3 Å². The molecule has 2 aromatic rings. The lowest BCUT2D eigenvalue weighted by molar-refractivity contribution is 0.627. The highest BCUT2D eigenvalue weighted by Gasteiger charge is 2.01. The highest BCUT2D eigenvalue weighted by atomic mass is 127. The zero-order valence-electron chi connectivity index (χ0n) is 9.45. The van der Waals surface area contributed by atoms with Gasteiger partial charge in [0, 0.05) is 34.7 Å². The maximum absolute atomic E-state index is 12.9.